The first-order valence-electron chi connectivity index (χ1n) is 6.10. The Balaban J connectivity index is 2.53. The Bertz CT molecular complexity index is 295. The van der Waals surface area contributed by atoms with Crippen LogP contribution in [-0.2, 0) is 10.0 Å². The monoisotopic (exact) mass is 248 g/mol. The molecule has 1 aliphatic rings. The van der Waals surface area contributed by atoms with Gasteiger partial charge in [-0.15, -0.1) is 0 Å². The highest BCUT2D eigenvalue weighted by Gasteiger charge is 2.27. The van der Waals surface area contributed by atoms with Crippen LogP contribution in [0.25, 0.3) is 0 Å². The number of rotatable bonds is 5. The van der Waals surface area contributed by atoms with Crippen molar-refractivity contribution in [3.8, 4) is 0 Å². The van der Waals surface area contributed by atoms with Crippen LogP contribution in [0.3, 0.4) is 0 Å². The van der Waals surface area contributed by atoms with Gasteiger partial charge in [-0.25, -0.2) is 12.7 Å². The van der Waals surface area contributed by atoms with E-state index in [1.165, 1.54) is 0 Å². The molecule has 5 heteroatoms. The number of nitrogens with one attached hydrogen (secondary N) is 1. The first kappa shape index (κ1) is 13.9. The first-order chi connectivity index (χ1) is 7.43. The van der Waals surface area contributed by atoms with Gasteiger partial charge in [0.05, 0.1) is 5.75 Å². The summed E-state index contributed by atoms with van der Waals surface area (Å²) in [7, 11) is -1.32. The average molecular weight is 248 g/mol. The first-order valence-corrected chi connectivity index (χ1v) is 7.71. The van der Waals surface area contributed by atoms with Gasteiger partial charge in [0, 0.05) is 13.1 Å². The van der Waals surface area contributed by atoms with E-state index in [0.717, 1.165) is 32.4 Å². The van der Waals surface area contributed by atoms with E-state index in [1.54, 1.807) is 11.4 Å². The molecule has 96 valence electrons. The van der Waals surface area contributed by atoms with Crippen molar-refractivity contribution in [3.63, 3.8) is 0 Å². The molecule has 0 radical (unpaired) electrons. The topological polar surface area (TPSA) is 49.4 Å². The molecule has 0 amide bonds. The van der Waals surface area contributed by atoms with Gasteiger partial charge in [-0.05, 0) is 38.3 Å². The Morgan fingerprint density at radius 1 is 1.31 bits per heavy atom. The molecule has 1 N–H and O–H groups in total. The average Bonchev–Trinajstić information content (AvgIpc) is 2.27. The van der Waals surface area contributed by atoms with Crippen molar-refractivity contribution >= 4 is 10.0 Å². The summed E-state index contributed by atoms with van der Waals surface area (Å²) in [4.78, 5) is 0. The van der Waals surface area contributed by atoms with Gasteiger partial charge in [0.1, 0.15) is 0 Å². The molecule has 0 aliphatic carbocycles. The second kappa shape index (κ2) is 5.98. The van der Waals surface area contributed by atoms with Crippen LogP contribution in [0.2, 0.25) is 0 Å². The highest BCUT2D eigenvalue weighted by atomic mass is 32.2. The Morgan fingerprint density at radius 3 is 2.38 bits per heavy atom. The van der Waals surface area contributed by atoms with E-state index in [9.17, 15) is 8.42 Å². The van der Waals surface area contributed by atoms with Crippen LogP contribution in [0.5, 0.6) is 0 Å². The van der Waals surface area contributed by atoms with Gasteiger partial charge < -0.3 is 5.32 Å². The molecule has 1 fully saturated rings. The van der Waals surface area contributed by atoms with E-state index in [2.05, 4.69) is 19.2 Å². The fourth-order valence-corrected chi connectivity index (χ4v) is 3.65. The Kier molecular flexibility index (Phi) is 5.21. The molecule has 0 unspecified atom stereocenters. The van der Waals surface area contributed by atoms with Gasteiger partial charge in [-0.2, -0.15) is 0 Å². The zero-order chi connectivity index (χ0) is 12.2. The summed E-state index contributed by atoms with van der Waals surface area (Å²) in [6, 6.07) is 0.193. The van der Waals surface area contributed by atoms with Gasteiger partial charge in [-0.1, -0.05) is 13.8 Å². The zero-order valence-electron chi connectivity index (χ0n) is 10.6. The fourth-order valence-electron chi connectivity index (χ4n) is 1.93. The third-order valence-corrected chi connectivity index (χ3v) is 5.14. The second-order valence-electron chi connectivity index (χ2n) is 5.00. The van der Waals surface area contributed by atoms with Crippen LogP contribution in [0.1, 0.15) is 33.1 Å². The molecule has 16 heavy (non-hydrogen) atoms. The molecule has 4 nitrogen and oxygen atoms in total. The van der Waals surface area contributed by atoms with Crippen LogP contribution in [-0.4, -0.2) is 44.7 Å². The molecule has 0 aromatic rings. The summed E-state index contributed by atoms with van der Waals surface area (Å²) < 4.78 is 25.7. The normalized spacial score (nSPS) is 19.6. The van der Waals surface area contributed by atoms with E-state index >= 15 is 0 Å². The number of hydrogen-bond donors (Lipinski definition) is 1. The summed E-state index contributed by atoms with van der Waals surface area (Å²) in [6.45, 7) is 5.96. The smallest absolute Gasteiger partial charge is 0.214 e. The molecule has 1 rings (SSSR count). The lowest BCUT2D eigenvalue weighted by atomic mass is 10.1. The summed E-state index contributed by atoms with van der Waals surface area (Å²) in [5, 5.41) is 3.25. The summed E-state index contributed by atoms with van der Waals surface area (Å²) in [5.41, 5.74) is 0. The standard InChI is InChI=1S/C11H24N2O2S/c1-10(2)6-9-16(14,15)13(3)11-4-7-12-8-5-11/h10-12H,4-9H2,1-3H3. The van der Waals surface area contributed by atoms with Crippen LogP contribution in [0, 0.1) is 5.92 Å². The van der Waals surface area contributed by atoms with Crippen molar-refractivity contribution in [2.45, 2.75) is 39.2 Å². The Labute approximate surface area is 99.5 Å². The molecule has 0 saturated carbocycles. The van der Waals surface area contributed by atoms with E-state index < -0.39 is 10.0 Å². The molecular formula is C11H24N2O2S. The molecule has 1 aliphatic heterocycles. The number of hydrogen-bond acceptors (Lipinski definition) is 3. The molecule has 0 aromatic heterocycles. The number of sulfonamides is 1. The largest absolute Gasteiger partial charge is 0.317 e. The van der Waals surface area contributed by atoms with E-state index in [4.69, 9.17) is 0 Å². The van der Waals surface area contributed by atoms with Crippen molar-refractivity contribution in [1.29, 1.82) is 0 Å². The minimum Gasteiger partial charge on any atom is -0.317 e. The fraction of sp³-hybridized carbons (Fsp3) is 1.00. The maximum atomic E-state index is 12.0. The van der Waals surface area contributed by atoms with Crippen molar-refractivity contribution in [3.05, 3.63) is 0 Å². The van der Waals surface area contributed by atoms with Gasteiger partial charge in [0.25, 0.3) is 0 Å². The van der Waals surface area contributed by atoms with Crippen LogP contribution in [0.4, 0.5) is 0 Å². The maximum absolute atomic E-state index is 12.0. The number of piperidine rings is 1. The third-order valence-electron chi connectivity index (χ3n) is 3.21. The lowest BCUT2D eigenvalue weighted by Gasteiger charge is -2.31. The highest BCUT2D eigenvalue weighted by Crippen LogP contribution is 2.15. The van der Waals surface area contributed by atoms with Gasteiger partial charge in [0.15, 0.2) is 0 Å². The van der Waals surface area contributed by atoms with E-state index in [0.29, 0.717) is 5.92 Å². The van der Waals surface area contributed by atoms with Crippen molar-refractivity contribution in [1.82, 2.24) is 9.62 Å². The van der Waals surface area contributed by atoms with Gasteiger partial charge >= 0.3 is 0 Å². The summed E-state index contributed by atoms with van der Waals surface area (Å²) in [6.07, 6.45) is 2.60. The van der Waals surface area contributed by atoms with Crippen LogP contribution in [0.15, 0.2) is 0 Å². The minimum absolute atomic E-state index is 0.193. The quantitative estimate of drug-likeness (QED) is 0.791. The summed E-state index contributed by atoms with van der Waals surface area (Å²) >= 11 is 0. The summed E-state index contributed by atoms with van der Waals surface area (Å²) in [5.74, 6) is 0.724. The molecular weight excluding hydrogens is 224 g/mol. The lowest BCUT2D eigenvalue weighted by molar-refractivity contribution is 0.295. The van der Waals surface area contributed by atoms with Gasteiger partial charge in [-0.3, -0.25) is 0 Å². The second-order valence-corrected chi connectivity index (χ2v) is 7.14. The van der Waals surface area contributed by atoms with Gasteiger partial charge in [0.2, 0.25) is 10.0 Å². The lowest BCUT2D eigenvalue weighted by Crippen LogP contribution is -2.44. The molecule has 0 aromatic carbocycles. The molecule has 0 bridgehead atoms. The molecule has 1 saturated heterocycles. The Morgan fingerprint density at radius 2 is 1.88 bits per heavy atom. The van der Waals surface area contributed by atoms with Crippen molar-refractivity contribution in [2.24, 2.45) is 5.92 Å². The Hall–Kier alpha value is -0.130. The SMILES string of the molecule is CC(C)CCS(=O)(=O)N(C)C1CCNCC1. The third kappa shape index (κ3) is 4.03. The molecule has 0 spiro atoms. The van der Waals surface area contributed by atoms with Crippen molar-refractivity contribution in [2.75, 3.05) is 25.9 Å². The van der Waals surface area contributed by atoms with Crippen molar-refractivity contribution < 1.29 is 8.42 Å². The van der Waals surface area contributed by atoms with Crippen LogP contribution >= 0.6 is 0 Å². The van der Waals surface area contributed by atoms with E-state index in [1.807, 2.05) is 0 Å². The molecule has 0 atom stereocenters. The zero-order valence-corrected chi connectivity index (χ0v) is 11.4. The van der Waals surface area contributed by atoms with Crippen LogP contribution < -0.4 is 5.32 Å². The predicted molar refractivity (Wildman–Crippen MR) is 66.9 cm³/mol. The predicted octanol–water partition coefficient (Wildman–Crippen LogP) is 1.05. The minimum atomic E-state index is -3.05. The number of nitrogens with zero attached hydrogens (tertiary/aromatic N) is 1. The maximum Gasteiger partial charge on any atom is 0.214 e. The highest BCUT2D eigenvalue weighted by molar-refractivity contribution is 7.89. The molecule has 1 heterocycles. The van der Waals surface area contributed by atoms with E-state index in [-0.39, 0.29) is 11.8 Å².